The lowest BCUT2D eigenvalue weighted by Crippen LogP contribution is -2.51. The summed E-state index contributed by atoms with van der Waals surface area (Å²) in [5.74, 6) is 0.365. The first-order valence-electron chi connectivity index (χ1n) is 9.03. The molecule has 0 amide bonds. The zero-order chi connectivity index (χ0) is 18.7. The van der Waals surface area contributed by atoms with Crippen molar-refractivity contribution < 1.29 is 13.2 Å². The van der Waals surface area contributed by atoms with Crippen molar-refractivity contribution in [3.8, 4) is 0 Å². The second-order valence-electron chi connectivity index (χ2n) is 8.09. The van der Waals surface area contributed by atoms with Crippen molar-refractivity contribution >= 4 is 10.0 Å². The molecular formula is C19H32N2O3S. The molecule has 0 radical (unpaired) electrons. The first kappa shape index (κ1) is 20.4. The third-order valence-corrected chi connectivity index (χ3v) is 6.24. The summed E-state index contributed by atoms with van der Waals surface area (Å²) in [4.78, 5) is 2.64. The van der Waals surface area contributed by atoms with Crippen LogP contribution in [0.25, 0.3) is 0 Å². The molecule has 142 valence electrons. The van der Waals surface area contributed by atoms with Crippen LogP contribution in [0.2, 0.25) is 0 Å². The van der Waals surface area contributed by atoms with Gasteiger partial charge in [0.2, 0.25) is 10.0 Å². The normalized spacial score (nSPS) is 18.5. The second-order valence-corrected chi connectivity index (χ2v) is 9.85. The fourth-order valence-electron chi connectivity index (χ4n) is 3.11. The molecule has 1 aromatic rings. The Labute approximate surface area is 152 Å². The summed E-state index contributed by atoms with van der Waals surface area (Å²) >= 11 is 0. The Bertz CT molecular complexity index is 642. The molecule has 1 N–H and O–H groups in total. The average molecular weight is 369 g/mol. The molecule has 0 aromatic heterocycles. The summed E-state index contributed by atoms with van der Waals surface area (Å²) in [5.41, 5.74) is 1.13. The zero-order valence-corrected chi connectivity index (χ0v) is 16.9. The number of hydrogen-bond acceptors (Lipinski definition) is 4. The maximum Gasteiger partial charge on any atom is 0.240 e. The Morgan fingerprint density at radius 1 is 1.12 bits per heavy atom. The topological polar surface area (TPSA) is 58.6 Å². The number of nitrogens with zero attached hydrogens (tertiary/aromatic N) is 1. The van der Waals surface area contributed by atoms with Crippen molar-refractivity contribution in [2.75, 3.05) is 32.8 Å². The van der Waals surface area contributed by atoms with E-state index in [1.807, 2.05) is 12.1 Å². The van der Waals surface area contributed by atoms with Gasteiger partial charge in [-0.2, -0.15) is 0 Å². The van der Waals surface area contributed by atoms with Gasteiger partial charge in [0.25, 0.3) is 0 Å². The first-order valence-corrected chi connectivity index (χ1v) is 10.5. The molecule has 5 nitrogen and oxygen atoms in total. The number of ether oxygens (including phenoxy) is 1. The summed E-state index contributed by atoms with van der Waals surface area (Å²) in [6.07, 6.45) is 0. The summed E-state index contributed by atoms with van der Waals surface area (Å²) in [7, 11) is -3.50. The van der Waals surface area contributed by atoms with E-state index in [1.54, 1.807) is 12.1 Å². The van der Waals surface area contributed by atoms with E-state index in [2.05, 4.69) is 44.2 Å². The summed E-state index contributed by atoms with van der Waals surface area (Å²) in [6, 6.07) is 7.37. The summed E-state index contributed by atoms with van der Waals surface area (Å²) in [6.45, 7) is 14.2. The number of rotatable bonds is 6. The number of hydrogen-bond donors (Lipinski definition) is 1. The average Bonchev–Trinajstić information content (AvgIpc) is 2.55. The number of benzene rings is 1. The van der Waals surface area contributed by atoms with Gasteiger partial charge in [0, 0.05) is 25.7 Å². The molecular weight excluding hydrogens is 336 g/mol. The smallest absolute Gasteiger partial charge is 0.240 e. The van der Waals surface area contributed by atoms with Crippen LogP contribution in [-0.2, 0) is 20.2 Å². The van der Waals surface area contributed by atoms with Crippen LogP contribution in [-0.4, -0.2) is 52.2 Å². The van der Waals surface area contributed by atoms with Crippen LogP contribution in [0.5, 0.6) is 0 Å². The minimum Gasteiger partial charge on any atom is -0.379 e. The zero-order valence-electron chi connectivity index (χ0n) is 16.1. The lowest BCUT2D eigenvalue weighted by molar-refractivity contribution is 0.00776. The van der Waals surface area contributed by atoms with Gasteiger partial charge in [-0.1, -0.05) is 46.8 Å². The van der Waals surface area contributed by atoms with Crippen LogP contribution in [0.15, 0.2) is 29.2 Å². The van der Waals surface area contributed by atoms with Gasteiger partial charge in [0.1, 0.15) is 0 Å². The first-order chi connectivity index (χ1) is 11.6. The molecule has 1 atom stereocenters. The van der Waals surface area contributed by atoms with Gasteiger partial charge in [-0.15, -0.1) is 0 Å². The fourth-order valence-corrected chi connectivity index (χ4v) is 4.16. The van der Waals surface area contributed by atoms with Gasteiger partial charge in [0.05, 0.1) is 18.1 Å². The third kappa shape index (κ3) is 5.51. The van der Waals surface area contributed by atoms with Crippen LogP contribution in [0.1, 0.15) is 40.2 Å². The monoisotopic (exact) mass is 368 g/mol. The molecule has 25 heavy (non-hydrogen) atoms. The van der Waals surface area contributed by atoms with Gasteiger partial charge in [-0.25, -0.2) is 13.1 Å². The van der Waals surface area contributed by atoms with Crippen molar-refractivity contribution in [1.82, 2.24) is 9.62 Å². The molecule has 1 aliphatic rings. The molecule has 1 heterocycles. The highest BCUT2D eigenvalue weighted by Crippen LogP contribution is 2.23. The van der Waals surface area contributed by atoms with Crippen LogP contribution in [0.3, 0.4) is 0 Å². The maximum atomic E-state index is 12.6. The van der Waals surface area contributed by atoms with Gasteiger partial charge < -0.3 is 4.74 Å². The summed E-state index contributed by atoms with van der Waals surface area (Å²) in [5, 5.41) is 0. The molecule has 1 saturated heterocycles. The Morgan fingerprint density at radius 3 is 2.16 bits per heavy atom. The third-order valence-electron chi connectivity index (χ3n) is 4.80. The molecule has 1 fully saturated rings. The van der Waals surface area contributed by atoms with E-state index in [0.717, 1.165) is 18.7 Å². The highest BCUT2D eigenvalue weighted by Gasteiger charge is 2.26. The molecule has 0 bridgehead atoms. The Hall–Kier alpha value is -0.950. The SMILES string of the molecule is CC(C)[C@H](CNS(=O)(=O)c1ccc(C(C)(C)C)cc1)N1CCOCC1. The Morgan fingerprint density at radius 2 is 1.68 bits per heavy atom. The highest BCUT2D eigenvalue weighted by atomic mass is 32.2. The van der Waals surface area contributed by atoms with Crippen molar-refractivity contribution in [3.05, 3.63) is 29.8 Å². The molecule has 0 saturated carbocycles. The Balaban J connectivity index is 2.06. The fraction of sp³-hybridized carbons (Fsp3) is 0.684. The van der Waals surface area contributed by atoms with Crippen LogP contribution >= 0.6 is 0 Å². The van der Waals surface area contributed by atoms with E-state index in [4.69, 9.17) is 4.74 Å². The highest BCUT2D eigenvalue weighted by molar-refractivity contribution is 7.89. The Kier molecular flexibility index (Phi) is 6.65. The molecule has 2 rings (SSSR count). The van der Waals surface area contributed by atoms with E-state index in [-0.39, 0.29) is 11.5 Å². The van der Waals surface area contributed by atoms with E-state index in [9.17, 15) is 8.42 Å². The minimum atomic E-state index is -3.50. The molecule has 6 heteroatoms. The maximum absolute atomic E-state index is 12.6. The van der Waals surface area contributed by atoms with E-state index < -0.39 is 10.0 Å². The van der Waals surface area contributed by atoms with Crippen molar-refractivity contribution in [2.24, 2.45) is 5.92 Å². The van der Waals surface area contributed by atoms with Gasteiger partial charge in [0.15, 0.2) is 0 Å². The van der Waals surface area contributed by atoms with Gasteiger partial charge in [-0.05, 0) is 29.0 Å². The van der Waals surface area contributed by atoms with Crippen molar-refractivity contribution in [2.45, 2.75) is 51.0 Å². The lowest BCUT2D eigenvalue weighted by atomic mass is 9.87. The molecule has 0 spiro atoms. The molecule has 0 aliphatic carbocycles. The lowest BCUT2D eigenvalue weighted by Gasteiger charge is -2.36. The van der Waals surface area contributed by atoms with E-state index in [1.165, 1.54) is 0 Å². The summed E-state index contributed by atoms with van der Waals surface area (Å²) < 4.78 is 33.5. The minimum absolute atomic E-state index is 0.00872. The van der Waals surface area contributed by atoms with Crippen LogP contribution in [0, 0.1) is 5.92 Å². The van der Waals surface area contributed by atoms with E-state index in [0.29, 0.717) is 30.6 Å². The molecule has 1 aliphatic heterocycles. The molecule has 0 unspecified atom stereocenters. The number of nitrogens with one attached hydrogen (secondary N) is 1. The quantitative estimate of drug-likeness (QED) is 0.839. The predicted molar refractivity (Wildman–Crippen MR) is 101 cm³/mol. The van der Waals surface area contributed by atoms with Crippen molar-refractivity contribution in [3.63, 3.8) is 0 Å². The van der Waals surface area contributed by atoms with Gasteiger partial charge >= 0.3 is 0 Å². The van der Waals surface area contributed by atoms with Crippen molar-refractivity contribution in [1.29, 1.82) is 0 Å². The van der Waals surface area contributed by atoms with E-state index >= 15 is 0 Å². The van der Waals surface area contributed by atoms with Crippen LogP contribution in [0.4, 0.5) is 0 Å². The molecule has 1 aromatic carbocycles. The van der Waals surface area contributed by atoms with Crippen LogP contribution < -0.4 is 4.72 Å². The predicted octanol–water partition coefficient (Wildman–Crippen LogP) is 2.62. The standard InChI is InChI=1S/C19H32N2O3S/c1-15(2)18(21-10-12-24-13-11-21)14-20-25(22,23)17-8-6-16(7-9-17)19(3,4)5/h6-9,15,18,20H,10-14H2,1-5H3/t18-/m0/s1. The second kappa shape index (κ2) is 8.16. The largest absolute Gasteiger partial charge is 0.379 e. The number of sulfonamides is 1. The van der Waals surface area contributed by atoms with Gasteiger partial charge in [-0.3, -0.25) is 4.90 Å². The number of morpholine rings is 1.